The van der Waals surface area contributed by atoms with Gasteiger partial charge in [-0.15, -0.1) is 24.0 Å². The predicted octanol–water partition coefficient (Wildman–Crippen LogP) is 3.59. The number of ether oxygens (including phenoxy) is 1. The van der Waals surface area contributed by atoms with Crippen molar-refractivity contribution in [3.63, 3.8) is 0 Å². The lowest BCUT2D eigenvalue weighted by atomic mass is 10.1. The van der Waals surface area contributed by atoms with Crippen molar-refractivity contribution < 1.29 is 9.84 Å². The summed E-state index contributed by atoms with van der Waals surface area (Å²) in [6.45, 7) is 8.45. The molecule has 3 N–H and O–H groups in total. The summed E-state index contributed by atoms with van der Waals surface area (Å²) < 4.78 is 5.86. The molecule has 0 aliphatic rings. The summed E-state index contributed by atoms with van der Waals surface area (Å²) in [5.41, 5.74) is 3.03. The summed E-state index contributed by atoms with van der Waals surface area (Å²) in [5, 5.41) is 16.7. The lowest BCUT2D eigenvalue weighted by molar-refractivity contribution is 0.180. The van der Waals surface area contributed by atoms with Crippen molar-refractivity contribution in [2.75, 3.05) is 19.7 Å². The lowest BCUT2D eigenvalue weighted by Crippen LogP contribution is -2.39. The third kappa shape index (κ3) is 8.02. The molecule has 6 nitrogen and oxygen atoms in total. The Balaban J connectivity index is 0.00000392. The van der Waals surface area contributed by atoms with E-state index in [9.17, 15) is 5.11 Å². The molecule has 2 aromatic rings. The van der Waals surface area contributed by atoms with Gasteiger partial charge in [-0.2, -0.15) is 0 Å². The van der Waals surface area contributed by atoms with Gasteiger partial charge in [0.2, 0.25) is 0 Å². The summed E-state index contributed by atoms with van der Waals surface area (Å²) in [7, 11) is 0. The van der Waals surface area contributed by atoms with Crippen LogP contribution in [0, 0.1) is 6.92 Å². The minimum atomic E-state index is -0.625. The smallest absolute Gasteiger partial charge is 0.191 e. The molecule has 0 saturated heterocycles. The van der Waals surface area contributed by atoms with Crippen LogP contribution in [0.4, 0.5) is 0 Å². The molecule has 0 radical (unpaired) electrons. The molecule has 0 fully saturated rings. The molecule has 0 bridgehead atoms. The normalized spacial score (nSPS) is 12.1. The fourth-order valence-electron chi connectivity index (χ4n) is 2.54. The summed E-state index contributed by atoms with van der Waals surface area (Å²) in [6, 6.07) is 9.78. The molecule has 7 heteroatoms. The number of aryl methyl sites for hydroxylation is 1. The molecule has 1 aromatic carbocycles. The van der Waals surface area contributed by atoms with Crippen LogP contribution in [0.5, 0.6) is 5.75 Å². The highest BCUT2D eigenvalue weighted by molar-refractivity contribution is 14.0. The molecule has 0 spiro atoms. The zero-order valence-electron chi connectivity index (χ0n) is 16.8. The van der Waals surface area contributed by atoms with Gasteiger partial charge in [0.05, 0.1) is 19.3 Å². The van der Waals surface area contributed by atoms with E-state index in [1.54, 1.807) is 24.5 Å². The first-order valence-corrected chi connectivity index (χ1v) is 9.46. The van der Waals surface area contributed by atoms with E-state index in [2.05, 4.69) is 46.6 Å². The Morgan fingerprint density at radius 3 is 2.61 bits per heavy atom. The number of aromatic nitrogens is 1. The summed E-state index contributed by atoms with van der Waals surface area (Å²) in [6.07, 6.45) is 3.69. The van der Waals surface area contributed by atoms with E-state index in [0.717, 1.165) is 29.8 Å². The fraction of sp³-hybridized carbons (Fsp3) is 0.429. The first-order chi connectivity index (χ1) is 13.1. The second-order valence-electron chi connectivity index (χ2n) is 6.33. The van der Waals surface area contributed by atoms with Crippen LogP contribution >= 0.6 is 24.0 Å². The Labute approximate surface area is 184 Å². The third-order valence-corrected chi connectivity index (χ3v) is 3.99. The number of aliphatic hydroxyl groups excluding tert-OH is 1. The van der Waals surface area contributed by atoms with Crippen LogP contribution in [0.15, 0.2) is 47.7 Å². The van der Waals surface area contributed by atoms with Gasteiger partial charge in [0, 0.05) is 31.0 Å². The Morgan fingerprint density at radius 1 is 1.18 bits per heavy atom. The van der Waals surface area contributed by atoms with Gasteiger partial charge in [-0.3, -0.25) is 4.98 Å². The van der Waals surface area contributed by atoms with Gasteiger partial charge in [-0.25, -0.2) is 4.99 Å². The van der Waals surface area contributed by atoms with Crippen LogP contribution in [0.3, 0.4) is 0 Å². The first kappa shape index (κ1) is 24.2. The van der Waals surface area contributed by atoms with Crippen molar-refractivity contribution >= 4 is 29.9 Å². The van der Waals surface area contributed by atoms with E-state index < -0.39 is 6.10 Å². The summed E-state index contributed by atoms with van der Waals surface area (Å²) >= 11 is 0. The van der Waals surface area contributed by atoms with E-state index in [4.69, 9.17) is 4.74 Å². The van der Waals surface area contributed by atoms with Crippen LogP contribution in [-0.2, 0) is 6.54 Å². The van der Waals surface area contributed by atoms with Crippen molar-refractivity contribution in [3.8, 4) is 5.75 Å². The molecular formula is C21H31IN4O2. The van der Waals surface area contributed by atoms with Gasteiger partial charge in [0.1, 0.15) is 5.75 Å². The highest BCUT2D eigenvalue weighted by atomic mass is 127. The molecule has 1 heterocycles. The number of benzene rings is 1. The van der Waals surface area contributed by atoms with Gasteiger partial charge in [-0.05, 0) is 49.6 Å². The van der Waals surface area contributed by atoms with E-state index in [0.29, 0.717) is 25.7 Å². The highest BCUT2D eigenvalue weighted by Crippen LogP contribution is 2.21. The number of halogens is 1. The van der Waals surface area contributed by atoms with Crippen molar-refractivity contribution in [1.29, 1.82) is 0 Å². The number of hydrogen-bond donors (Lipinski definition) is 3. The average Bonchev–Trinajstić information content (AvgIpc) is 2.69. The van der Waals surface area contributed by atoms with Crippen LogP contribution in [0.2, 0.25) is 0 Å². The molecule has 1 aromatic heterocycles. The SMILES string of the molecule is CCCOc1cc(C)ccc1CN=C(NCC)NCC(O)c1ccncc1.I. The monoisotopic (exact) mass is 498 g/mol. The summed E-state index contributed by atoms with van der Waals surface area (Å²) in [5.74, 6) is 1.54. The molecule has 28 heavy (non-hydrogen) atoms. The third-order valence-electron chi connectivity index (χ3n) is 3.99. The largest absolute Gasteiger partial charge is 0.493 e. The number of aliphatic imine (C=N–C) groups is 1. The highest BCUT2D eigenvalue weighted by Gasteiger charge is 2.09. The second-order valence-corrected chi connectivity index (χ2v) is 6.33. The molecule has 0 aliphatic heterocycles. The van der Waals surface area contributed by atoms with Crippen molar-refractivity contribution in [2.24, 2.45) is 4.99 Å². The van der Waals surface area contributed by atoms with Crippen molar-refractivity contribution in [1.82, 2.24) is 15.6 Å². The Kier molecular flexibility index (Phi) is 11.5. The second kappa shape index (κ2) is 13.3. The van der Waals surface area contributed by atoms with Crippen molar-refractivity contribution in [3.05, 3.63) is 59.4 Å². The van der Waals surface area contributed by atoms with Crippen LogP contribution in [0.25, 0.3) is 0 Å². The minimum absolute atomic E-state index is 0. The zero-order chi connectivity index (χ0) is 19.5. The number of pyridine rings is 1. The number of guanidine groups is 1. The number of nitrogens with one attached hydrogen (secondary N) is 2. The van der Waals surface area contributed by atoms with Crippen molar-refractivity contribution in [2.45, 2.75) is 39.8 Å². The number of nitrogens with zero attached hydrogens (tertiary/aromatic N) is 2. The average molecular weight is 498 g/mol. The Bertz CT molecular complexity index is 726. The molecule has 1 atom stereocenters. The maximum Gasteiger partial charge on any atom is 0.191 e. The maximum absolute atomic E-state index is 10.3. The lowest BCUT2D eigenvalue weighted by Gasteiger charge is -2.16. The zero-order valence-corrected chi connectivity index (χ0v) is 19.1. The minimum Gasteiger partial charge on any atom is -0.493 e. The molecule has 0 amide bonds. The molecule has 1 unspecified atom stereocenters. The molecule has 0 aliphatic carbocycles. The predicted molar refractivity (Wildman–Crippen MR) is 124 cm³/mol. The van der Waals surface area contributed by atoms with E-state index in [1.165, 1.54) is 5.56 Å². The Morgan fingerprint density at radius 2 is 1.93 bits per heavy atom. The van der Waals surface area contributed by atoms with Crippen LogP contribution < -0.4 is 15.4 Å². The Hall–Kier alpha value is -1.87. The first-order valence-electron chi connectivity index (χ1n) is 9.46. The van der Waals surface area contributed by atoms with E-state index in [1.807, 2.05) is 13.0 Å². The van der Waals surface area contributed by atoms with Gasteiger partial charge in [0.15, 0.2) is 5.96 Å². The number of rotatable bonds is 9. The van der Waals surface area contributed by atoms with E-state index in [-0.39, 0.29) is 24.0 Å². The van der Waals surface area contributed by atoms with Crippen LogP contribution in [-0.4, -0.2) is 35.7 Å². The van der Waals surface area contributed by atoms with Gasteiger partial charge < -0.3 is 20.5 Å². The topological polar surface area (TPSA) is 78.8 Å². The summed E-state index contributed by atoms with van der Waals surface area (Å²) in [4.78, 5) is 8.61. The number of aliphatic hydroxyl groups is 1. The number of hydrogen-bond acceptors (Lipinski definition) is 4. The van der Waals surface area contributed by atoms with Gasteiger partial charge in [0.25, 0.3) is 0 Å². The molecular weight excluding hydrogens is 467 g/mol. The standard InChI is InChI=1S/C21H30N4O2.HI/c1-4-12-27-20-13-16(3)6-7-18(20)14-24-21(23-5-2)25-15-19(26)17-8-10-22-11-9-17;/h6-11,13,19,26H,4-5,12,14-15H2,1-3H3,(H2,23,24,25);1H. The molecule has 2 rings (SSSR count). The van der Waals surface area contributed by atoms with Gasteiger partial charge >= 0.3 is 0 Å². The molecule has 154 valence electrons. The molecule has 0 saturated carbocycles. The van der Waals surface area contributed by atoms with Crippen LogP contribution in [0.1, 0.15) is 43.1 Å². The quantitative estimate of drug-likeness (QED) is 0.280. The maximum atomic E-state index is 10.3. The van der Waals surface area contributed by atoms with Gasteiger partial charge in [-0.1, -0.05) is 19.1 Å². The fourth-order valence-corrected chi connectivity index (χ4v) is 2.54. The van der Waals surface area contributed by atoms with E-state index >= 15 is 0 Å².